The first-order chi connectivity index (χ1) is 10.8. The van der Waals surface area contributed by atoms with Gasteiger partial charge in [0, 0.05) is 0 Å². The Morgan fingerprint density at radius 1 is 1.30 bits per heavy atom. The number of hydrogen-bond donors (Lipinski definition) is 1. The van der Waals surface area contributed by atoms with Crippen LogP contribution in [0, 0.1) is 0 Å². The quantitative estimate of drug-likeness (QED) is 0.620. The Labute approximate surface area is 142 Å². The molecule has 0 aliphatic carbocycles. The summed E-state index contributed by atoms with van der Waals surface area (Å²) in [4.78, 5) is 24.0. The molecular formula is C14H12ClNO5S2. The zero-order chi connectivity index (χ0) is 17.0. The third-order valence-corrected chi connectivity index (χ3v) is 5.66. The van der Waals surface area contributed by atoms with Crippen molar-refractivity contribution >= 4 is 44.7 Å². The van der Waals surface area contributed by atoms with Gasteiger partial charge < -0.3 is 4.74 Å². The van der Waals surface area contributed by atoms with Gasteiger partial charge in [-0.1, -0.05) is 17.7 Å². The van der Waals surface area contributed by atoms with Crippen LogP contribution in [0.15, 0.2) is 40.6 Å². The Balaban J connectivity index is 2.14. The molecule has 1 heterocycles. The first kappa shape index (κ1) is 17.6. The van der Waals surface area contributed by atoms with Gasteiger partial charge >= 0.3 is 5.97 Å². The Hall–Kier alpha value is -1.74. The Morgan fingerprint density at radius 2 is 2.04 bits per heavy atom. The molecule has 23 heavy (non-hydrogen) atoms. The molecule has 0 bridgehead atoms. The lowest BCUT2D eigenvalue weighted by atomic mass is 10.2. The van der Waals surface area contributed by atoms with Gasteiger partial charge in [-0.05, 0) is 36.7 Å². The van der Waals surface area contributed by atoms with E-state index in [1.807, 2.05) is 0 Å². The van der Waals surface area contributed by atoms with Gasteiger partial charge in [0.1, 0.15) is 4.90 Å². The fraction of sp³-hybridized carbons (Fsp3) is 0.143. The Kier molecular flexibility index (Phi) is 5.53. The van der Waals surface area contributed by atoms with E-state index < -0.39 is 22.6 Å². The fourth-order valence-electron chi connectivity index (χ4n) is 1.67. The predicted octanol–water partition coefficient (Wildman–Crippen LogP) is 2.35. The molecule has 0 radical (unpaired) electrons. The molecular weight excluding hydrogens is 362 g/mol. The lowest BCUT2D eigenvalue weighted by Crippen LogP contribution is -2.20. The molecule has 122 valence electrons. The van der Waals surface area contributed by atoms with E-state index >= 15 is 0 Å². The zero-order valence-electron chi connectivity index (χ0n) is 11.9. The molecule has 2 aromatic rings. The van der Waals surface area contributed by atoms with Crippen LogP contribution >= 0.6 is 22.9 Å². The van der Waals surface area contributed by atoms with Crippen molar-refractivity contribution in [1.82, 2.24) is 4.72 Å². The highest BCUT2D eigenvalue weighted by Crippen LogP contribution is 2.23. The van der Waals surface area contributed by atoms with E-state index in [0.717, 1.165) is 6.07 Å². The average Bonchev–Trinajstić information content (AvgIpc) is 3.07. The summed E-state index contributed by atoms with van der Waals surface area (Å²) in [7, 11) is -2.57. The van der Waals surface area contributed by atoms with Crippen LogP contribution in [0.2, 0.25) is 5.02 Å². The molecule has 0 saturated carbocycles. The molecule has 0 spiro atoms. The number of Topliss-reactive ketones (excluding diaryl/α,β-unsaturated/α-hetero) is 1. The highest BCUT2D eigenvalue weighted by molar-refractivity contribution is 7.89. The Morgan fingerprint density at radius 3 is 2.65 bits per heavy atom. The van der Waals surface area contributed by atoms with E-state index in [-0.39, 0.29) is 21.3 Å². The topological polar surface area (TPSA) is 89.5 Å². The molecule has 6 nitrogen and oxygen atoms in total. The largest absolute Gasteiger partial charge is 0.454 e. The van der Waals surface area contributed by atoms with Gasteiger partial charge in [0.2, 0.25) is 15.8 Å². The smallest absolute Gasteiger partial charge is 0.338 e. The number of sulfonamides is 1. The van der Waals surface area contributed by atoms with Crippen molar-refractivity contribution in [2.75, 3.05) is 13.7 Å². The van der Waals surface area contributed by atoms with E-state index in [9.17, 15) is 18.0 Å². The van der Waals surface area contributed by atoms with Crippen molar-refractivity contribution in [2.24, 2.45) is 0 Å². The van der Waals surface area contributed by atoms with Crippen molar-refractivity contribution < 1.29 is 22.7 Å². The molecule has 0 aliphatic rings. The summed E-state index contributed by atoms with van der Waals surface area (Å²) in [5, 5.41) is 1.72. The van der Waals surface area contributed by atoms with Crippen LogP contribution in [0.25, 0.3) is 0 Å². The molecule has 0 atom stereocenters. The second kappa shape index (κ2) is 7.22. The fourth-order valence-corrected chi connectivity index (χ4v) is 3.57. The van der Waals surface area contributed by atoms with Gasteiger partial charge in [-0.25, -0.2) is 17.9 Å². The summed E-state index contributed by atoms with van der Waals surface area (Å²) in [5.41, 5.74) is -0.0118. The third kappa shape index (κ3) is 4.17. The van der Waals surface area contributed by atoms with Crippen LogP contribution in [0.4, 0.5) is 0 Å². The van der Waals surface area contributed by atoms with Gasteiger partial charge in [0.15, 0.2) is 6.61 Å². The predicted molar refractivity (Wildman–Crippen MR) is 86.6 cm³/mol. The maximum Gasteiger partial charge on any atom is 0.338 e. The van der Waals surface area contributed by atoms with Crippen molar-refractivity contribution in [3.8, 4) is 0 Å². The summed E-state index contributed by atoms with van der Waals surface area (Å²) in [6, 6.07) is 7.05. The minimum atomic E-state index is -3.81. The standard InChI is InChI=1S/C14H12ClNO5S2/c1-16-23(19,20)13-7-9(4-5-10(13)15)14(18)21-8-11(17)12-3-2-6-22-12/h2-7,16H,8H2,1H3. The number of benzene rings is 1. The molecule has 0 aliphatic heterocycles. The van der Waals surface area contributed by atoms with Crippen molar-refractivity contribution in [2.45, 2.75) is 4.90 Å². The summed E-state index contributed by atoms with van der Waals surface area (Å²) >= 11 is 7.08. The SMILES string of the molecule is CNS(=O)(=O)c1cc(C(=O)OCC(=O)c2cccs2)ccc1Cl. The summed E-state index contributed by atoms with van der Waals surface area (Å²) in [6.45, 7) is -0.421. The van der Waals surface area contributed by atoms with Crippen LogP contribution < -0.4 is 4.72 Å². The van der Waals surface area contributed by atoms with Crippen molar-refractivity contribution in [1.29, 1.82) is 0 Å². The molecule has 0 fully saturated rings. The normalized spacial score (nSPS) is 11.2. The molecule has 9 heteroatoms. The lowest BCUT2D eigenvalue weighted by molar-refractivity contribution is 0.0475. The first-order valence-corrected chi connectivity index (χ1v) is 9.06. The highest BCUT2D eigenvalue weighted by Gasteiger charge is 2.20. The molecule has 2 rings (SSSR count). The lowest BCUT2D eigenvalue weighted by Gasteiger charge is -2.08. The summed E-state index contributed by atoms with van der Waals surface area (Å²) in [6.07, 6.45) is 0. The number of carbonyl (C=O) groups is 2. The van der Waals surface area contributed by atoms with Gasteiger partial charge in [-0.15, -0.1) is 11.3 Å². The summed E-state index contributed by atoms with van der Waals surface area (Å²) in [5.74, 6) is -1.13. The number of nitrogens with one attached hydrogen (secondary N) is 1. The van der Waals surface area contributed by atoms with Crippen LogP contribution in [0.3, 0.4) is 0 Å². The van der Waals surface area contributed by atoms with Gasteiger partial charge in [-0.3, -0.25) is 4.79 Å². The van der Waals surface area contributed by atoms with E-state index in [1.165, 1.54) is 30.5 Å². The van der Waals surface area contributed by atoms with E-state index in [4.69, 9.17) is 16.3 Å². The number of ketones is 1. The monoisotopic (exact) mass is 373 g/mol. The third-order valence-electron chi connectivity index (χ3n) is 2.86. The number of esters is 1. The van der Waals surface area contributed by atoms with Crippen LogP contribution in [-0.4, -0.2) is 33.8 Å². The maximum absolute atomic E-state index is 12.0. The maximum atomic E-state index is 12.0. The molecule has 1 N–H and O–H groups in total. The van der Waals surface area contributed by atoms with E-state index in [0.29, 0.717) is 4.88 Å². The van der Waals surface area contributed by atoms with Gasteiger partial charge in [0.05, 0.1) is 15.5 Å². The number of halogens is 1. The second-order valence-electron chi connectivity index (χ2n) is 4.33. The van der Waals surface area contributed by atoms with Crippen LogP contribution in [0.5, 0.6) is 0 Å². The van der Waals surface area contributed by atoms with Gasteiger partial charge in [-0.2, -0.15) is 0 Å². The zero-order valence-corrected chi connectivity index (χ0v) is 14.3. The van der Waals surface area contributed by atoms with Crippen molar-refractivity contribution in [3.63, 3.8) is 0 Å². The Bertz CT molecular complexity index is 831. The van der Waals surface area contributed by atoms with Gasteiger partial charge in [0.25, 0.3) is 0 Å². The average molecular weight is 374 g/mol. The second-order valence-corrected chi connectivity index (χ2v) is 7.54. The molecule has 0 saturated heterocycles. The van der Waals surface area contributed by atoms with Crippen LogP contribution in [0.1, 0.15) is 20.0 Å². The number of ether oxygens (including phenoxy) is 1. The van der Waals surface area contributed by atoms with Crippen molar-refractivity contribution in [3.05, 3.63) is 51.2 Å². The number of rotatable bonds is 6. The number of carbonyl (C=O) groups excluding carboxylic acids is 2. The van der Waals surface area contributed by atoms with Crippen LogP contribution in [-0.2, 0) is 14.8 Å². The highest BCUT2D eigenvalue weighted by atomic mass is 35.5. The minimum Gasteiger partial charge on any atom is -0.454 e. The number of hydrogen-bond acceptors (Lipinski definition) is 6. The number of thiophene rings is 1. The molecule has 0 amide bonds. The first-order valence-electron chi connectivity index (χ1n) is 6.32. The van der Waals surface area contributed by atoms with E-state index in [1.54, 1.807) is 17.5 Å². The molecule has 0 unspecified atom stereocenters. The molecule has 1 aromatic carbocycles. The summed E-state index contributed by atoms with van der Waals surface area (Å²) < 4.78 is 30.7. The van der Waals surface area contributed by atoms with E-state index in [2.05, 4.69) is 4.72 Å². The minimum absolute atomic E-state index is 0.0118. The molecule has 1 aromatic heterocycles.